The number of ether oxygens (including phenoxy) is 1. The molecule has 4 rings (SSSR count). The van der Waals surface area contributed by atoms with Gasteiger partial charge in [0.25, 0.3) is 0 Å². The molecule has 0 radical (unpaired) electrons. The van der Waals surface area contributed by atoms with E-state index in [4.69, 9.17) is 16.3 Å². The summed E-state index contributed by atoms with van der Waals surface area (Å²) in [7, 11) is 0. The van der Waals surface area contributed by atoms with Crippen molar-refractivity contribution in [1.82, 2.24) is 21.6 Å². The van der Waals surface area contributed by atoms with Crippen molar-refractivity contribution in [3.8, 4) is 0 Å². The van der Waals surface area contributed by atoms with Crippen LogP contribution in [0.4, 0.5) is 0 Å². The molecule has 0 bridgehead atoms. The van der Waals surface area contributed by atoms with Crippen molar-refractivity contribution in [3.63, 3.8) is 0 Å². The number of halogens is 1. The van der Waals surface area contributed by atoms with Crippen LogP contribution in [0.5, 0.6) is 0 Å². The molecule has 0 aromatic heterocycles. The molecule has 3 saturated carbocycles. The highest BCUT2D eigenvalue weighted by atomic mass is 35.5. The van der Waals surface area contributed by atoms with Crippen LogP contribution in [-0.2, 0) is 4.74 Å². The zero-order chi connectivity index (χ0) is 26.7. The number of alkyl halides is 1. The van der Waals surface area contributed by atoms with Crippen LogP contribution in [0.3, 0.4) is 0 Å². The third kappa shape index (κ3) is 9.57. The van der Waals surface area contributed by atoms with Crippen LogP contribution in [0, 0.1) is 23.7 Å². The number of nitrogens with zero attached hydrogens (tertiary/aromatic N) is 1. The molecule has 3 fully saturated rings. The Kier molecular flexibility index (Phi) is 12.9. The van der Waals surface area contributed by atoms with E-state index in [0.29, 0.717) is 30.2 Å². The zero-order valence-electron chi connectivity index (χ0n) is 23.5. The highest BCUT2D eigenvalue weighted by molar-refractivity contribution is 6.20. The largest absolute Gasteiger partial charge is 0.377 e. The van der Waals surface area contributed by atoms with Gasteiger partial charge in [-0.15, -0.1) is 11.6 Å². The Labute approximate surface area is 235 Å². The number of aliphatic hydroxyl groups excluding tert-OH is 2. The number of hydrazine groups is 1. The van der Waals surface area contributed by atoms with Crippen LogP contribution in [0.1, 0.15) is 110 Å². The van der Waals surface area contributed by atoms with Gasteiger partial charge in [0.2, 0.25) is 0 Å². The van der Waals surface area contributed by atoms with Crippen LogP contribution in [0.25, 0.3) is 0 Å². The highest BCUT2D eigenvalue weighted by Crippen LogP contribution is 2.42. The predicted molar refractivity (Wildman–Crippen MR) is 154 cm³/mol. The number of nitrogens with one attached hydrogen (secondary N) is 4. The van der Waals surface area contributed by atoms with Crippen LogP contribution >= 0.6 is 11.6 Å². The SMILES string of the molecule is CCOC(O)C(CC1CCCCC1)NC(CC1CCC(C2CCCC(Cl)C2)CC1)C(O)NC1CC=NNN1. The van der Waals surface area contributed by atoms with Gasteiger partial charge in [-0.25, -0.2) is 11.0 Å². The Hall–Kier alpha value is -0.480. The first kappa shape index (κ1) is 30.5. The van der Waals surface area contributed by atoms with Crippen molar-refractivity contribution in [2.45, 2.75) is 146 Å². The summed E-state index contributed by atoms with van der Waals surface area (Å²) in [5.74, 6) is 2.76. The Morgan fingerprint density at radius 3 is 2.34 bits per heavy atom. The molecule has 4 aliphatic rings. The molecule has 0 saturated heterocycles. The Bertz CT molecular complexity index is 689. The lowest BCUT2D eigenvalue weighted by atomic mass is 9.70. The fourth-order valence-electron chi connectivity index (χ4n) is 7.56. The van der Waals surface area contributed by atoms with E-state index in [1.807, 2.05) is 13.1 Å². The van der Waals surface area contributed by atoms with Gasteiger partial charge in [0, 0.05) is 30.7 Å². The zero-order valence-corrected chi connectivity index (χ0v) is 24.3. The van der Waals surface area contributed by atoms with Gasteiger partial charge in [0.1, 0.15) is 6.23 Å². The molecule has 7 atom stereocenters. The molecular formula is C29H54ClN5O3. The summed E-state index contributed by atoms with van der Waals surface area (Å²) in [6.45, 7) is 2.40. The van der Waals surface area contributed by atoms with Crippen molar-refractivity contribution in [2.24, 2.45) is 28.8 Å². The van der Waals surface area contributed by atoms with E-state index < -0.39 is 12.5 Å². The van der Waals surface area contributed by atoms with E-state index >= 15 is 0 Å². The smallest absolute Gasteiger partial charge is 0.169 e. The third-order valence-corrected chi connectivity index (χ3v) is 10.1. The molecule has 220 valence electrons. The minimum atomic E-state index is -0.872. The lowest BCUT2D eigenvalue weighted by Crippen LogP contribution is -2.61. The van der Waals surface area contributed by atoms with E-state index in [1.54, 1.807) is 0 Å². The van der Waals surface area contributed by atoms with E-state index in [-0.39, 0.29) is 18.2 Å². The number of rotatable bonds is 13. The van der Waals surface area contributed by atoms with Crippen LogP contribution in [-0.4, -0.2) is 59.2 Å². The molecule has 0 aromatic rings. The van der Waals surface area contributed by atoms with Crippen molar-refractivity contribution < 1.29 is 14.9 Å². The second kappa shape index (κ2) is 16.1. The van der Waals surface area contributed by atoms with Crippen molar-refractivity contribution in [1.29, 1.82) is 0 Å². The first-order valence-corrected chi connectivity index (χ1v) is 16.1. The second-order valence-electron chi connectivity index (χ2n) is 12.5. The Balaban J connectivity index is 1.38. The van der Waals surface area contributed by atoms with Crippen molar-refractivity contribution >= 4 is 17.8 Å². The fourth-order valence-corrected chi connectivity index (χ4v) is 7.94. The molecule has 0 spiro atoms. The third-order valence-electron chi connectivity index (χ3n) is 9.71. The van der Waals surface area contributed by atoms with Gasteiger partial charge in [0.05, 0.1) is 12.2 Å². The summed E-state index contributed by atoms with van der Waals surface area (Å²) in [5.41, 5.74) is 5.87. The maximum Gasteiger partial charge on any atom is 0.169 e. The normalized spacial score (nSPS) is 34.3. The van der Waals surface area contributed by atoms with E-state index in [9.17, 15) is 10.2 Å². The molecule has 38 heavy (non-hydrogen) atoms. The minimum Gasteiger partial charge on any atom is -0.377 e. The molecule has 7 unspecified atom stereocenters. The van der Waals surface area contributed by atoms with Crippen LogP contribution < -0.4 is 21.6 Å². The van der Waals surface area contributed by atoms with E-state index in [2.05, 4.69) is 26.7 Å². The Morgan fingerprint density at radius 2 is 1.66 bits per heavy atom. The summed E-state index contributed by atoms with van der Waals surface area (Å²) >= 11 is 6.52. The molecule has 0 amide bonds. The summed E-state index contributed by atoms with van der Waals surface area (Å²) in [5, 5.41) is 33.8. The van der Waals surface area contributed by atoms with E-state index in [1.165, 1.54) is 83.5 Å². The number of hydrogen-bond acceptors (Lipinski definition) is 8. The summed E-state index contributed by atoms with van der Waals surface area (Å²) < 4.78 is 5.70. The van der Waals surface area contributed by atoms with E-state index in [0.717, 1.165) is 24.7 Å². The first-order chi connectivity index (χ1) is 18.5. The molecule has 6 N–H and O–H groups in total. The lowest BCUT2D eigenvalue weighted by Gasteiger charge is -2.40. The van der Waals surface area contributed by atoms with Gasteiger partial charge in [-0.1, -0.05) is 57.8 Å². The van der Waals surface area contributed by atoms with Gasteiger partial charge < -0.3 is 20.3 Å². The quantitative estimate of drug-likeness (QED) is 0.148. The summed E-state index contributed by atoms with van der Waals surface area (Å²) in [4.78, 5) is 0. The van der Waals surface area contributed by atoms with Crippen LogP contribution in [0.2, 0.25) is 0 Å². The fraction of sp³-hybridized carbons (Fsp3) is 0.966. The topological polar surface area (TPSA) is 110 Å². The lowest BCUT2D eigenvalue weighted by molar-refractivity contribution is -0.125. The molecule has 9 heteroatoms. The van der Waals surface area contributed by atoms with Gasteiger partial charge in [-0.2, -0.15) is 5.10 Å². The maximum absolute atomic E-state index is 11.4. The van der Waals surface area contributed by atoms with Crippen molar-refractivity contribution in [3.05, 3.63) is 0 Å². The predicted octanol–water partition coefficient (Wildman–Crippen LogP) is 4.35. The van der Waals surface area contributed by atoms with Gasteiger partial charge in [-0.05, 0) is 69.1 Å². The Morgan fingerprint density at radius 1 is 0.921 bits per heavy atom. The summed E-state index contributed by atoms with van der Waals surface area (Å²) in [6, 6.07) is -0.374. The minimum absolute atomic E-state index is 0.106. The monoisotopic (exact) mass is 555 g/mol. The molecular weight excluding hydrogens is 502 g/mol. The second-order valence-corrected chi connectivity index (χ2v) is 13.1. The number of aliphatic hydroxyl groups is 2. The van der Waals surface area contributed by atoms with Gasteiger partial charge in [0.15, 0.2) is 6.29 Å². The molecule has 8 nitrogen and oxygen atoms in total. The molecule has 1 aliphatic heterocycles. The number of hydrazone groups is 1. The molecule has 0 aromatic carbocycles. The van der Waals surface area contributed by atoms with Gasteiger partial charge >= 0.3 is 0 Å². The van der Waals surface area contributed by atoms with Crippen LogP contribution in [0.15, 0.2) is 5.10 Å². The van der Waals surface area contributed by atoms with Gasteiger partial charge in [-0.3, -0.25) is 5.32 Å². The van der Waals surface area contributed by atoms with Crippen molar-refractivity contribution in [2.75, 3.05) is 6.61 Å². The standard InChI is InChI=1S/C29H54ClN5O3/c1-2-38-29(37)26(18-20-7-4-3-5-8-20)32-25(28(36)33-27-15-16-31-35-34-27)17-21-11-13-22(14-12-21)23-9-6-10-24(30)19-23/h16,20-29,32-37H,2-15,17-19H2,1H3. The molecule has 3 aliphatic carbocycles. The maximum atomic E-state index is 11.4. The average Bonchev–Trinajstić information content (AvgIpc) is 2.94. The average molecular weight is 556 g/mol. The highest BCUT2D eigenvalue weighted by Gasteiger charge is 2.35. The first-order valence-electron chi connectivity index (χ1n) is 15.7. The number of hydrogen-bond donors (Lipinski definition) is 6. The molecule has 1 heterocycles. The summed E-state index contributed by atoms with van der Waals surface area (Å²) in [6.07, 6.45) is 18.8.